The molecule has 0 aromatic carbocycles. The number of H-pyrrole nitrogens is 1. The molecule has 1 fully saturated rings. The fourth-order valence-corrected chi connectivity index (χ4v) is 4.94. The molecule has 3 N–H and O–H groups in total. The minimum absolute atomic E-state index is 0.0485. The highest BCUT2D eigenvalue weighted by atomic mass is 32.2. The van der Waals surface area contributed by atoms with E-state index < -0.39 is 78.2 Å². The average Bonchev–Trinajstić information content (AvgIpc) is 3.37. The molecule has 1 amide bonds. The molecular weight excluding hydrogens is 540 g/mol. The maximum atomic E-state index is 13.0. The van der Waals surface area contributed by atoms with E-state index in [4.69, 9.17) is 14.0 Å². The molecule has 2 aliphatic heterocycles. The van der Waals surface area contributed by atoms with Crippen LogP contribution in [0.5, 0.6) is 0 Å². The maximum Gasteiger partial charge on any atom is 0.376 e. The van der Waals surface area contributed by atoms with E-state index >= 15 is 0 Å². The summed E-state index contributed by atoms with van der Waals surface area (Å²) in [7, 11) is -9.08. The summed E-state index contributed by atoms with van der Waals surface area (Å²) in [4.78, 5) is 50.4. The minimum Gasteiger partial charge on any atom is -0.461 e. The predicted octanol–water partition coefficient (Wildman–Crippen LogP) is -1.32. The third-order valence-electron chi connectivity index (χ3n) is 5.28. The van der Waals surface area contributed by atoms with Crippen LogP contribution in [0, 0.1) is 0 Å². The van der Waals surface area contributed by atoms with Gasteiger partial charge in [-0.25, -0.2) is 14.4 Å². The van der Waals surface area contributed by atoms with Gasteiger partial charge in [-0.2, -0.15) is 16.8 Å². The van der Waals surface area contributed by atoms with E-state index in [-0.39, 0.29) is 30.0 Å². The second-order valence-corrected chi connectivity index (χ2v) is 10.9. The first kappa shape index (κ1) is 28.1. The summed E-state index contributed by atoms with van der Waals surface area (Å²) in [5, 5.41) is 4.70. The van der Waals surface area contributed by atoms with Crippen LogP contribution >= 0.6 is 0 Å². The van der Waals surface area contributed by atoms with Crippen LogP contribution in [0.1, 0.15) is 29.9 Å². The molecule has 2 unspecified atom stereocenters. The maximum absolute atomic E-state index is 13.0. The van der Waals surface area contributed by atoms with Gasteiger partial charge in [-0.3, -0.25) is 23.7 Å². The van der Waals surface area contributed by atoms with E-state index in [0.717, 1.165) is 22.9 Å². The van der Waals surface area contributed by atoms with Gasteiger partial charge in [0.05, 0.1) is 31.1 Å². The Kier molecular flexibility index (Phi) is 7.70. The highest BCUT2D eigenvalue weighted by molar-refractivity contribution is 7.86. The quantitative estimate of drug-likeness (QED) is 0.0990. The average molecular weight is 564 g/mol. The number of rotatable bonds is 10. The molecule has 37 heavy (non-hydrogen) atoms. The van der Waals surface area contributed by atoms with E-state index in [9.17, 15) is 40.6 Å². The van der Waals surface area contributed by atoms with Gasteiger partial charge >= 0.3 is 28.0 Å². The van der Waals surface area contributed by atoms with Crippen LogP contribution in [0.3, 0.4) is 0 Å². The first-order valence-corrected chi connectivity index (χ1v) is 13.8. The number of allylic oxidation sites excluding steroid dienone is 2. The van der Waals surface area contributed by atoms with Gasteiger partial charge in [0, 0.05) is 0 Å². The highest BCUT2D eigenvalue weighted by Gasteiger charge is 2.74. The van der Waals surface area contributed by atoms with Crippen molar-refractivity contribution in [2.75, 3.05) is 25.5 Å². The third-order valence-corrected chi connectivity index (χ3v) is 7.16. The Morgan fingerprint density at radius 1 is 1.14 bits per heavy atom. The van der Waals surface area contributed by atoms with Crippen molar-refractivity contribution in [1.82, 2.24) is 9.78 Å². The van der Waals surface area contributed by atoms with Crippen molar-refractivity contribution in [3.63, 3.8) is 0 Å². The summed E-state index contributed by atoms with van der Waals surface area (Å²) in [6.45, 7) is 1.97. The van der Waals surface area contributed by atoms with Crippen molar-refractivity contribution >= 4 is 49.9 Å². The zero-order chi connectivity index (χ0) is 27.8. The van der Waals surface area contributed by atoms with Gasteiger partial charge in [0.15, 0.2) is 12.2 Å². The molecule has 0 saturated carbocycles. The van der Waals surface area contributed by atoms with Crippen molar-refractivity contribution in [1.29, 1.82) is 0 Å². The fraction of sp³-hybridized carbons (Fsp3) is 0.421. The minimum atomic E-state index is -4.66. The number of hydrogen-bond donors (Lipinski definition) is 3. The topological polar surface area (TPSA) is 229 Å². The van der Waals surface area contributed by atoms with Gasteiger partial charge in [-0.15, -0.1) is 4.59 Å². The molecule has 1 spiro atoms. The van der Waals surface area contributed by atoms with Gasteiger partial charge in [-0.05, 0) is 26.0 Å². The first-order valence-electron chi connectivity index (χ1n) is 10.7. The second-order valence-electron chi connectivity index (χ2n) is 7.76. The smallest absolute Gasteiger partial charge is 0.376 e. The van der Waals surface area contributed by atoms with Crippen LogP contribution in [0.4, 0.5) is 0 Å². The molecule has 2 aliphatic rings. The number of nitrogens with zero attached hydrogens (tertiary/aromatic N) is 3. The fourth-order valence-electron chi connectivity index (χ4n) is 3.53. The summed E-state index contributed by atoms with van der Waals surface area (Å²) in [5.41, 5.74) is -2.36. The Balaban J connectivity index is 2.01. The van der Waals surface area contributed by atoms with Gasteiger partial charge < -0.3 is 9.47 Å². The van der Waals surface area contributed by atoms with Crippen LogP contribution in [0.2, 0.25) is 0 Å². The standard InChI is InChI=1S/C19H22N4O12S2/c1-3-34-18(26)14-11(16(24)22(20-14)8-9-36(28,29)30)6-5-7-12-15(19(27)35-4-2)21-23(17(12)25)10-13(23)37(31,32)33/h5-7,13H,3-4,8-10H2,1-2H3,(H2-,20,21,24,25,28,29,30,31,32,33)/p+1. The Bertz CT molecular complexity index is 1510. The lowest BCUT2D eigenvalue weighted by atomic mass is 10.1. The normalized spacial score (nSPS) is 22.6. The Morgan fingerprint density at radius 3 is 2.30 bits per heavy atom. The van der Waals surface area contributed by atoms with E-state index in [1.807, 2.05) is 0 Å². The summed E-state index contributed by atoms with van der Waals surface area (Å²) in [6, 6.07) is 0. The molecule has 2 atom stereocenters. The lowest BCUT2D eigenvalue weighted by Gasteiger charge is -2.01. The van der Waals surface area contributed by atoms with Crippen LogP contribution in [-0.2, 0) is 45.8 Å². The number of carbonyl (C=O) groups excluding carboxylic acids is 3. The summed E-state index contributed by atoms with van der Waals surface area (Å²) >= 11 is 0. The number of aromatic amines is 1. The van der Waals surface area contributed by atoms with Gasteiger partial charge in [0.25, 0.3) is 21.1 Å². The molecule has 0 bridgehead atoms. The monoisotopic (exact) mass is 563 g/mol. The summed E-state index contributed by atoms with van der Waals surface area (Å²) in [6.07, 6.45) is 3.23. The Labute approximate surface area is 209 Å². The number of ether oxygens (including phenoxy) is 2. The number of aromatic nitrogens is 2. The number of carbonyl (C=O) groups is 3. The van der Waals surface area contributed by atoms with E-state index in [1.165, 1.54) is 13.8 Å². The number of aryl methyl sites for hydroxylation is 1. The highest BCUT2D eigenvalue weighted by Crippen LogP contribution is 2.42. The molecule has 3 heterocycles. The zero-order valence-corrected chi connectivity index (χ0v) is 21.1. The molecule has 202 valence electrons. The lowest BCUT2D eigenvalue weighted by molar-refractivity contribution is -0.726. The predicted molar refractivity (Wildman–Crippen MR) is 124 cm³/mol. The van der Waals surface area contributed by atoms with E-state index in [1.54, 1.807) is 0 Å². The Hall–Kier alpha value is -3.45. The van der Waals surface area contributed by atoms with Gasteiger partial charge in [0.2, 0.25) is 5.71 Å². The van der Waals surface area contributed by atoms with E-state index in [2.05, 4.69) is 10.2 Å². The SMILES string of the molecule is CCOC(=O)C1=N[N+]2(CC2S(=O)(=O)O)C(=O)/C1=C\C=Cc1c(C(=O)OCC)[nH]n(CCS(=O)(=O)O)c1=O. The summed E-state index contributed by atoms with van der Waals surface area (Å²) in [5.74, 6) is -3.72. The number of esters is 2. The van der Waals surface area contributed by atoms with Crippen molar-refractivity contribution < 1.29 is 54.4 Å². The largest absolute Gasteiger partial charge is 0.461 e. The van der Waals surface area contributed by atoms with Crippen LogP contribution in [0.15, 0.2) is 27.6 Å². The molecule has 1 aromatic rings. The molecule has 1 saturated heterocycles. The number of quaternary nitrogens is 1. The molecule has 0 aliphatic carbocycles. The van der Waals surface area contributed by atoms with Crippen LogP contribution < -0.4 is 5.56 Å². The molecule has 1 aromatic heterocycles. The molecule has 16 nitrogen and oxygen atoms in total. The number of amides is 1. The second kappa shape index (κ2) is 10.1. The molecule has 3 rings (SSSR count). The van der Waals surface area contributed by atoms with Crippen LogP contribution in [0.25, 0.3) is 6.08 Å². The van der Waals surface area contributed by atoms with Gasteiger partial charge in [0.1, 0.15) is 5.57 Å². The van der Waals surface area contributed by atoms with Crippen molar-refractivity contribution in [3.05, 3.63) is 39.3 Å². The van der Waals surface area contributed by atoms with Crippen molar-refractivity contribution in [2.45, 2.75) is 25.8 Å². The van der Waals surface area contributed by atoms with Crippen molar-refractivity contribution in [3.8, 4) is 0 Å². The number of hydrogen-bond acceptors (Lipinski definition) is 11. The molecule has 18 heteroatoms. The van der Waals surface area contributed by atoms with Crippen molar-refractivity contribution in [2.24, 2.45) is 5.10 Å². The first-order chi connectivity index (χ1) is 17.2. The molecule has 0 radical (unpaired) electrons. The van der Waals surface area contributed by atoms with E-state index in [0.29, 0.717) is 0 Å². The molecular formula is C19H23N4O12S2+. The lowest BCUT2D eigenvalue weighted by Crippen LogP contribution is -2.30. The Morgan fingerprint density at radius 2 is 1.76 bits per heavy atom. The summed E-state index contributed by atoms with van der Waals surface area (Å²) < 4.78 is 72.9. The van der Waals surface area contributed by atoms with Crippen LogP contribution in [-0.4, -0.2) is 94.8 Å². The van der Waals surface area contributed by atoms with Gasteiger partial charge in [-0.1, -0.05) is 11.2 Å². The zero-order valence-electron chi connectivity index (χ0n) is 19.5. The number of nitrogens with one attached hydrogen (secondary N) is 1. The third kappa shape index (κ3) is 5.77.